The number of carbonyl (C=O) groups is 1. The summed E-state index contributed by atoms with van der Waals surface area (Å²) in [5.74, 6) is -1.09. The van der Waals surface area contributed by atoms with Crippen molar-refractivity contribution in [3.63, 3.8) is 0 Å². The summed E-state index contributed by atoms with van der Waals surface area (Å²) in [5.41, 5.74) is 0. The standard InChI is InChI=1S/C18H36O3.Li.H/c1-2-3-4-5-6-7-8-9-10-11-12-13-14-15-16-17(19)18(20)21;;/h17,19H,2-16H2,1H3,(H,20,21);;/q;+1;-1. The Morgan fingerprint density at radius 2 is 1.09 bits per heavy atom. The van der Waals surface area contributed by atoms with Crippen molar-refractivity contribution in [2.24, 2.45) is 0 Å². The van der Waals surface area contributed by atoms with E-state index in [0.717, 1.165) is 12.8 Å². The molecule has 0 aromatic heterocycles. The van der Waals surface area contributed by atoms with Crippen LogP contribution >= 0.6 is 0 Å². The van der Waals surface area contributed by atoms with Gasteiger partial charge in [-0.3, -0.25) is 0 Å². The molecular formula is C18H37LiO3. The molecule has 0 aromatic carbocycles. The van der Waals surface area contributed by atoms with Gasteiger partial charge in [0.25, 0.3) is 0 Å². The first kappa shape index (κ1) is 24.3. The zero-order valence-corrected chi connectivity index (χ0v) is 15.0. The van der Waals surface area contributed by atoms with Gasteiger partial charge in [-0.15, -0.1) is 0 Å². The Hall–Kier alpha value is 0.0274. The van der Waals surface area contributed by atoms with Gasteiger partial charge in [-0.2, -0.15) is 0 Å². The van der Waals surface area contributed by atoms with Crippen LogP contribution in [-0.4, -0.2) is 22.3 Å². The second kappa shape index (κ2) is 19.1. The average molecular weight is 308 g/mol. The van der Waals surface area contributed by atoms with Crippen molar-refractivity contribution in [1.82, 2.24) is 0 Å². The molecule has 0 saturated heterocycles. The number of aliphatic carboxylic acids is 1. The van der Waals surface area contributed by atoms with E-state index >= 15 is 0 Å². The fraction of sp³-hybridized carbons (Fsp3) is 0.944. The maximum atomic E-state index is 10.4. The van der Waals surface area contributed by atoms with E-state index in [4.69, 9.17) is 10.2 Å². The minimum Gasteiger partial charge on any atom is -1.00 e. The Morgan fingerprint density at radius 3 is 1.41 bits per heavy atom. The fourth-order valence-electron chi connectivity index (χ4n) is 2.66. The third kappa shape index (κ3) is 18.1. The van der Waals surface area contributed by atoms with Crippen molar-refractivity contribution >= 4 is 5.97 Å². The van der Waals surface area contributed by atoms with Crippen LogP contribution in [0.5, 0.6) is 0 Å². The molecule has 0 fully saturated rings. The van der Waals surface area contributed by atoms with E-state index in [0.29, 0.717) is 6.42 Å². The topological polar surface area (TPSA) is 57.5 Å². The predicted molar refractivity (Wildman–Crippen MR) is 89.7 cm³/mol. The maximum Gasteiger partial charge on any atom is 1.00 e. The molecule has 2 N–H and O–H groups in total. The molecule has 0 aromatic rings. The second-order valence-electron chi connectivity index (χ2n) is 6.24. The number of unbranched alkanes of at least 4 members (excludes halogenated alkanes) is 13. The zero-order chi connectivity index (χ0) is 15.8. The van der Waals surface area contributed by atoms with Gasteiger partial charge in [-0.25, -0.2) is 4.79 Å². The van der Waals surface area contributed by atoms with Gasteiger partial charge < -0.3 is 11.6 Å². The molecule has 0 spiro atoms. The van der Waals surface area contributed by atoms with Gasteiger partial charge in [0.15, 0.2) is 6.10 Å². The van der Waals surface area contributed by atoms with Gasteiger partial charge in [-0.1, -0.05) is 96.8 Å². The van der Waals surface area contributed by atoms with Crippen LogP contribution in [0, 0.1) is 0 Å². The summed E-state index contributed by atoms with van der Waals surface area (Å²) in [6, 6.07) is 0. The van der Waals surface area contributed by atoms with Crippen LogP contribution in [0.3, 0.4) is 0 Å². The first-order valence-corrected chi connectivity index (χ1v) is 9.09. The third-order valence-corrected chi connectivity index (χ3v) is 4.12. The van der Waals surface area contributed by atoms with E-state index in [1.807, 2.05) is 0 Å². The SMILES string of the molecule is CCCCCCCCCCCCCCCCC(O)C(=O)O.[H-].[Li+]. The van der Waals surface area contributed by atoms with Gasteiger partial charge >= 0.3 is 24.8 Å². The molecule has 0 heterocycles. The molecule has 0 saturated carbocycles. The molecular weight excluding hydrogens is 271 g/mol. The molecule has 0 aliphatic carbocycles. The number of aliphatic hydroxyl groups is 1. The normalized spacial score (nSPS) is 11.9. The van der Waals surface area contributed by atoms with E-state index in [9.17, 15) is 4.79 Å². The van der Waals surface area contributed by atoms with Gasteiger partial charge in [-0.05, 0) is 6.42 Å². The maximum absolute atomic E-state index is 10.4. The zero-order valence-electron chi connectivity index (χ0n) is 16.0. The fourth-order valence-corrected chi connectivity index (χ4v) is 2.66. The van der Waals surface area contributed by atoms with Crippen molar-refractivity contribution in [1.29, 1.82) is 0 Å². The van der Waals surface area contributed by atoms with Crippen molar-refractivity contribution in [2.75, 3.05) is 0 Å². The smallest absolute Gasteiger partial charge is 1.00 e. The Kier molecular flexibility index (Phi) is 21.1. The number of carboxylic acid groups (broad SMARTS) is 1. The Bertz CT molecular complexity index is 240. The number of hydrogen-bond donors (Lipinski definition) is 2. The first-order chi connectivity index (χ1) is 10.2. The second-order valence-corrected chi connectivity index (χ2v) is 6.24. The van der Waals surface area contributed by atoms with Gasteiger partial charge in [0.05, 0.1) is 0 Å². The van der Waals surface area contributed by atoms with Crippen LogP contribution in [0.1, 0.15) is 105 Å². The Labute approximate surface area is 150 Å². The molecule has 128 valence electrons. The van der Waals surface area contributed by atoms with E-state index < -0.39 is 12.1 Å². The van der Waals surface area contributed by atoms with Crippen molar-refractivity contribution in [3.8, 4) is 0 Å². The van der Waals surface area contributed by atoms with Crippen molar-refractivity contribution in [3.05, 3.63) is 0 Å². The Morgan fingerprint density at radius 1 is 0.773 bits per heavy atom. The average Bonchev–Trinajstić information content (AvgIpc) is 2.47. The van der Waals surface area contributed by atoms with Crippen LogP contribution < -0.4 is 18.9 Å². The molecule has 0 bridgehead atoms. The summed E-state index contributed by atoms with van der Waals surface area (Å²) >= 11 is 0. The minimum atomic E-state index is -1.16. The molecule has 0 radical (unpaired) electrons. The monoisotopic (exact) mass is 308 g/mol. The minimum absolute atomic E-state index is 0. The molecule has 0 aliphatic rings. The van der Waals surface area contributed by atoms with E-state index in [1.165, 1.54) is 77.0 Å². The molecule has 0 aliphatic heterocycles. The van der Waals surface area contributed by atoms with Crippen molar-refractivity contribution < 1.29 is 35.3 Å². The summed E-state index contributed by atoms with van der Waals surface area (Å²) in [5, 5.41) is 17.7. The molecule has 3 nitrogen and oxygen atoms in total. The number of aliphatic hydroxyl groups excluding tert-OH is 1. The summed E-state index contributed by atoms with van der Waals surface area (Å²) < 4.78 is 0. The molecule has 1 atom stereocenters. The van der Waals surface area contributed by atoms with E-state index in [1.54, 1.807) is 0 Å². The molecule has 0 rings (SSSR count). The van der Waals surface area contributed by atoms with Crippen LogP contribution in [0.4, 0.5) is 0 Å². The largest absolute Gasteiger partial charge is 1.00 e. The summed E-state index contributed by atoms with van der Waals surface area (Å²) in [6.07, 6.45) is 17.3. The quantitative estimate of drug-likeness (QED) is 0.340. The number of hydrogen-bond acceptors (Lipinski definition) is 2. The van der Waals surface area contributed by atoms with Gasteiger partial charge in [0.1, 0.15) is 0 Å². The van der Waals surface area contributed by atoms with Gasteiger partial charge in [0.2, 0.25) is 0 Å². The first-order valence-electron chi connectivity index (χ1n) is 9.09. The van der Waals surface area contributed by atoms with E-state index in [2.05, 4.69) is 6.92 Å². The predicted octanol–water partition coefficient (Wildman–Crippen LogP) is 2.42. The molecule has 0 amide bonds. The summed E-state index contributed by atoms with van der Waals surface area (Å²) in [6.45, 7) is 2.26. The molecule has 22 heavy (non-hydrogen) atoms. The van der Waals surface area contributed by atoms with Crippen LogP contribution in [0.2, 0.25) is 0 Å². The van der Waals surface area contributed by atoms with Crippen LogP contribution in [0.25, 0.3) is 0 Å². The van der Waals surface area contributed by atoms with E-state index in [-0.39, 0.29) is 20.3 Å². The number of carboxylic acids is 1. The molecule has 1 unspecified atom stereocenters. The summed E-state index contributed by atoms with van der Waals surface area (Å²) in [4.78, 5) is 10.4. The van der Waals surface area contributed by atoms with Crippen LogP contribution in [-0.2, 0) is 4.79 Å². The number of rotatable bonds is 16. The molecule has 4 heteroatoms. The van der Waals surface area contributed by atoms with Crippen LogP contribution in [0.15, 0.2) is 0 Å². The third-order valence-electron chi connectivity index (χ3n) is 4.12. The Balaban J connectivity index is -0.00000200. The van der Waals surface area contributed by atoms with Crippen molar-refractivity contribution in [2.45, 2.75) is 109 Å². The van der Waals surface area contributed by atoms with Gasteiger partial charge in [0, 0.05) is 0 Å². The summed E-state index contributed by atoms with van der Waals surface area (Å²) in [7, 11) is 0.